The van der Waals surface area contributed by atoms with Crippen molar-refractivity contribution in [3.05, 3.63) is 22.2 Å². The lowest BCUT2D eigenvalue weighted by atomic mass is 9.86. The molecule has 0 saturated heterocycles. The van der Waals surface area contributed by atoms with Crippen molar-refractivity contribution >= 4 is 21.8 Å². The highest BCUT2D eigenvalue weighted by atomic mass is 79.9. The van der Waals surface area contributed by atoms with Crippen LogP contribution in [0.1, 0.15) is 38.2 Å². The fourth-order valence-corrected chi connectivity index (χ4v) is 3.46. The van der Waals surface area contributed by atoms with Gasteiger partial charge in [-0.2, -0.15) is 0 Å². The Labute approximate surface area is 140 Å². The molecule has 1 aromatic rings. The summed E-state index contributed by atoms with van der Waals surface area (Å²) in [4.78, 5) is 12.3. The van der Waals surface area contributed by atoms with Gasteiger partial charge in [0.15, 0.2) is 11.5 Å². The second-order valence-corrected chi connectivity index (χ2v) is 6.77. The number of carbonyl (C=O) groups excluding carboxylic acids is 1. The Balaban J connectivity index is 2.04. The van der Waals surface area contributed by atoms with Crippen molar-refractivity contribution < 1.29 is 14.3 Å². The average Bonchev–Trinajstić information content (AvgIpc) is 2.51. The van der Waals surface area contributed by atoms with E-state index >= 15 is 0 Å². The van der Waals surface area contributed by atoms with Gasteiger partial charge in [0.25, 0.3) is 0 Å². The molecule has 0 unspecified atom stereocenters. The Bertz CT molecular complexity index is 533. The minimum absolute atomic E-state index is 0.0617. The first-order valence-corrected chi connectivity index (χ1v) is 8.54. The van der Waals surface area contributed by atoms with E-state index in [0.717, 1.165) is 16.5 Å². The molecule has 1 fully saturated rings. The molecule has 5 heteroatoms. The smallest absolute Gasteiger partial charge is 0.224 e. The second kappa shape index (κ2) is 7.86. The molecule has 4 nitrogen and oxygen atoms in total. The predicted octanol–water partition coefficient (Wildman–Crippen LogP) is 3.70. The molecule has 2 rings (SSSR count). The van der Waals surface area contributed by atoms with Crippen molar-refractivity contribution in [3.63, 3.8) is 0 Å². The Morgan fingerprint density at radius 1 is 1.23 bits per heavy atom. The maximum atomic E-state index is 12.3. The van der Waals surface area contributed by atoms with E-state index in [0.29, 0.717) is 29.9 Å². The Kier molecular flexibility index (Phi) is 6.12. The van der Waals surface area contributed by atoms with Crippen molar-refractivity contribution in [2.24, 2.45) is 5.92 Å². The summed E-state index contributed by atoms with van der Waals surface area (Å²) in [6.07, 6.45) is 5.10. The molecular formula is C17H24BrNO3. The van der Waals surface area contributed by atoms with Crippen molar-refractivity contribution in [1.82, 2.24) is 5.32 Å². The normalized spacial score (nSPS) is 21.3. The lowest BCUT2D eigenvalue weighted by Gasteiger charge is -2.29. The van der Waals surface area contributed by atoms with Crippen molar-refractivity contribution in [2.45, 2.75) is 45.1 Å². The van der Waals surface area contributed by atoms with Crippen LogP contribution in [0, 0.1) is 5.92 Å². The number of amides is 1. The number of ether oxygens (including phenoxy) is 2. The number of methoxy groups -OCH3 is 2. The van der Waals surface area contributed by atoms with E-state index in [1.54, 1.807) is 14.2 Å². The van der Waals surface area contributed by atoms with Gasteiger partial charge in [-0.1, -0.05) is 35.7 Å². The molecule has 0 heterocycles. The van der Waals surface area contributed by atoms with Crippen LogP contribution >= 0.6 is 15.9 Å². The molecule has 1 aliphatic carbocycles. The average molecular weight is 370 g/mol. The summed E-state index contributed by atoms with van der Waals surface area (Å²) in [6.45, 7) is 2.22. The first kappa shape index (κ1) is 17.1. The van der Waals surface area contributed by atoms with Gasteiger partial charge >= 0.3 is 0 Å². The van der Waals surface area contributed by atoms with Crippen molar-refractivity contribution in [2.75, 3.05) is 14.2 Å². The van der Waals surface area contributed by atoms with Gasteiger partial charge in [-0.05, 0) is 36.5 Å². The fraction of sp³-hybridized carbons (Fsp3) is 0.588. The van der Waals surface area contributed by atoms with Crippen LogP contribution in [0.4, 0.5) is 0 Å². The molecule has 122 valence electrons. The number of carbonyl (C=O) groups is 1. The number of hydrogen-bond acceptors (Lipinski definition) is 3. The SMILES string of the molecule is COc1cc(Br)c(CC(=O)N[C@@H]2CCCC[C@@H]2C)cc1OC. The van der Waals surface area contributed by atoms with Crippen LogP contribution in [-0.2, 0) is 11.2 Å². The van der Waals surface area contributed by atoms with Gasteiger partial charge in [0.1, 0.15) is 0 Å². The summed E-state index contributed by atoms with van der Waals surface area (Å²) in [5.41, 5.74) is 0.901. The first-order chi connectivity index (χ1) is 10.5. The topological polar surface area (TPSA) is 47.6 Å². The van der Waals surface area contributed by atoms with E-state index in [4.69, 9.17) is 9.47 Å². The van der Waals surface area contributed by atoms with Gasteiger partial charge in [0, 0.05) is 10.5 Å². The number of rotatable bonds is 5. The maximum Gasteiger partial charge on any atom is 0.224 e. The highest BCUT2D eigenvalue weighted by Gasteiger charge is 2.23. The van der Waals surface area contributed by atoms with E-state index in [2.05, 4.69) is 28.2 Å². The van der Waals surface area contributed by atoms with Gasteiger partial charge in [0.2, 0.25) is 5.91 Å². The molecule has 0 aromatic heterocycles. The molecule has 2 atom stereocenters. The van der Waals surface area contributed by atoms with Crippen LogP contribution in [0.2, 0.25) is 0 Å². The lowest BCUT2D eigenvalue weighted by Crippen LogP contribution is -2.41. The molecule has 0 spiro atoms. The van der Waals surface area contributed by atoms with Crippen LogP contribution in [0.25, 0.3) is 0 Å². The fourth-order valence-electron chi connectivity index (χ4n) is 2.99. The molecule has 1 saturated carbocycles. The molecule has 0 radical (unpaired) electrons. The molecule has 22 heavy (non-hydrogen) atoms. The van der Waals surface area contributed by atoms with E-state index in [9.17, 15) is 4.79 Å². The summed E-state index contributed by atoms with van der Waals surface area (Å²) in [6, 6.07) is 4.00. The van der Waals surface area contributed by atoms with E-state index < -0.39 is 0 Å². The van der Waals surface area contributed by atoms with E-state index in [1.165, 1.54) is 19.3 Å². The van der Waals surface area contributed by atoms with Gasteiger partial charge in [-0.25, -0.2) is 0 Å². The standard InChI is InChI=1S/C17H24BrNO3/c1-11-6-4-5-7-14(11)19-17(20)9-12-8-15(21-2)16(22-3)10-13(12)18/h8,10-11,14H,4-7,9H2,1-3H3,(H,19,20)/t11-,14+/m0/s1. The largest absolute Gasteiger partial charge is 0.493 e. The molecule has 1 aromatic carbocycles. The van der Waals surface area contributed by atoms with Gasteiger partial charge < -0.3 is 14.8 Å². The van der Waals surface area contributed by atoms with Crippen LogP contribution in [0.15, 0.2) is 16.6 Å². The quantitative estimate of drug-likeness (QED) is 0.860. The third-order valence-electron chi connectivity index (χ3n) is 4.36. The second-order valence-electron chi connectivity index (χ2n) is 5.91. The van der Waals surface area contributed by atoms with Gasteiger partial charge in [-0.3, -0.25) is 4.79 Å². The Morgan fingerprint density at radius 2 is 1.86 bits per heavy atom. The predicted molar refractivity (Wildman–Crippen MR) is 90.5 cm³/mol. The molecule has 0 bridgehead atoms. The zero-order valence-electron chi connectivity index (χ0n) is 13.4. The van der Waals surface area contributed by atoms with E-state index in [-0.39, 0.29) is 5.91 Å². The first-order valence-electron chi connectivity index (χ1n) is 7.75. The van der Waals surface area contributed by atoms with Gasteiger partial charge in [-0.15, -0.1) is 0 Å². The minimum Gasteiger partial charge on any atom is -0.493 e. The Morgan fingerprint density at radius 3 is 2.50 bits per heavy atom. The summed E-state index contributed by atoms with van der Waals surface area (Å²) >= 11 is 3.50. The maximum absolute atomic E-state index is 12.3. The van der Waals surface area contributed by atoms with Crippen LogP contribution in [0.3, 0.4) is 0 Å². The van der Waals surface area contributed by atoms with Gasteiger partial charge in [0.05, 0.1) is 20.6 Å². The number of hydrogen-bond donors (Lipinski definition) is 1. The number of benzene rings is 1. The number of halogens is 1. The molecule has 1 amide bonds. The zero-order chi connectivity index (χ0) is 16.1. The molecule has 1 N–H and O–H groups in total. The van der Waals surface area contributed by atoms with E-state index in [1.807, 2.05) is 12.1 Å². The third-order valence-corrected chi connectivity index (χ3v) is 5.10. The zero-order valence-corrected chi connectivity index (χ0v) is 15.0. The number of nitrogens with one attached hydrogen (secondary N) is 1. The molecular weight excluding hydrogens is 346 g/mol. The third kappa shape index (κ3) is 4.15. The monoisotopic (exact) mass is 369 g/mol. The molecule has 1 aliphatic rings. The van der Waals surface area contributed by atoms with Crippen LogP contribution in [0.5, 0.6) is 11.5 Å². The summed E-state index contributed by atoms with van der Waals surface area (Å²) in [5, 5.41) is 3.18. The minimum atomic E-state index is 0.0617. The molecule has 0 aliphatic heterocycles. The highest BCUT2D eigenvalue weighted by Crippen LogP contribution is 2.33. The van der Waals surface area contributed by atoms with Crippen LogP contribution in [-0.4, -0.2) is 26.2 Å². The summed E-state index contributed by atoms with van der Waals surface area (Å²) in [7, 11) is 3.19. The highest BCUT2D eigenvalue weighted by molar-refractivity contribution is 9.10. The van der Waals surface area contributed by atoms with Crippen LogP contribution < -0.4 is 14.8 Å². The van der Waals surface area contributed by atoms with Crippen molar-refractivity contribution in [1.29, 1.82) is 0 Å². The van der Waals surface area contributed by atoms with Crippen molar-refractivity contribution in [3.8, 4) is 11.5 Å². The Hall–Kier alpha value is -1.23. The summed E-state index contributed by atoms with van der Waals surface area (Å²) < 4.78 is 11.4. The lowest BCUT2D eigenvalue weighted by molar-refractivity contribution is -0.121. The summed E-state index contributed by atoms with van der Waals surface area (Å²) in [5.74, 6) is 1.91.